The fourth-order valence-corrected chi connectivity index (χ4v) is 3.84. The Hall–Kier alpha value is -1.92. The van der Waals surface area contributed by atoms with Gasteiger partial charge in [0.2, 0.25) is 5.91 Å². The molecule has 1 aromatic carbocycles. The van der Waals surface area contributed by atoms with Crippen LogP contribution in [0.25, 0.3) is 10.9 Å². The first kappa shape index (κ1) is 16.0. The van der Waals surface area contributed by atoms with Gasteiger partial charge in [-0.15, -0.1) is 11.3 Å². The number of thiophene rings is 1. The van der Waals surface area contributed by atoms with E-state index in [1.54, 1.807) is 17.7 Å². The third-order valence-electron chi connectivity index (χ3n) is 3.41. The maximum atomic E-state index is 12.2. The zero-order valence-corrected chi connectivity index (χ0v) is 14.4. The number of amides is 1. The van der Waals surface area contributed by atoms with E-state index in [4.69, 9.17) is 0 Å². The van der Waals surface area contributed by atoms with Crippen LogP contribution in [0.1, 0.15) is 11.8 Å². The number of para-hydroxylation sites is 1. The van der Waals surface area contributed by atoms with Gasteiger partial charge in [-0.05, 0) is 30.9 Å². The number of aromatic nitrogens is 2. The molecule has 0 aliphatic carbocycles. The maximum Gasteiger partial charge on any atom is 0.233 e. The molecule has 0 fully saturated rings. The number of carbonyl (C=O) groups excluding carboxylic acids is 1. The molecule has 3 aromatic rings. The van der Waals surface area contributed by atoms with E-state index in [0.717, 1.165) is 22.3 Å². The van der Waals surface area contributed by atoms with Gasteiger partial charge in [0, 0.05) is 16.8 Å². The van der Waals surface area contributed by atoms with Gasteiger partial charge in [0.15, 0.2) is 0 Å². The molecule has 3 rings (SSSR count). The van der Waals surface area contributed by atoms with Gasteiger partial charge in [-0.3, -0.25) is 4.79 Å². The normalized spacial score (nSPS) is 12.2. The average molecular weight is 343 g/mol. The van der Waals surface area contributed by atoms with Crippen LogP contribution in [0.4, 0.5) is 0 Å². The van der Waals surface area contributed by atoms with Gasteiger partial charge >= 0.3 is 0 Å². The van der Waals surface area contributed by atoms with Crippen LogP contribution in [-0.2, 0) is 11.2 Å². The lowest BCUT2D eigenvalue weighted by molar-refractivity contribution is -0.120. The van der Waals surface area contributed by atoms with Crippen molar-refractivity contribution in [3.05, 3.63) is 53.0 Å². The summed E-state index contributed by atoms with van der Waals surface area (Å²) in [4.78, 5) is 22.1. The standard InChI is InChI=1S/C17H17N3OS2/c1-12(16(21)18-9-8-13-5-4-10-22-13)23-17-14-6-2-3-7-15(14)19-11-20-17/h2-7,10-12H,8-9H2,1H3,(H,18,21)/t12-/m1/s1. The summed E-state index contributed by atoms with van der Waals surface area (Å²) in [6, 6.07) is 12.0. The third kappa shape index (κ3) is 4.09. The topological polar surface area (TPSA) is 54.9 Å². The smallest absolute Gasteiger partial charge is 0.233 e. The van der Waals surface area contributed by atoms with E-state index in [2.05, 4.69) is 26.7 Å². The number of benzene rings is 1. The van der Waals surface area contributed by atoms with Gasteiger partial charge in [0.25, 0.3) is 0 Å². The van der Waals surface area contributed by atoms with Crippen molar-refractivity contribution < 1.29 is 4.79 Å². The molecule has 1 N–H and O–H groups in total. The molecule has 2 heterocycles. The van der Waals surface area contributed by atoms with Crippen molar-refractivity contribution in [2.45, 2.75) is 23.6 Å². The molecular formula is C17H17N3OS2. The predicted octanol–water partition coefficient (Wildman–Crippen LogP) is 3.53. The molecule has 0 aliphatic heterocycles. The Balaban J connectivity index is 1.59. The largest absolute Gasteiger partial charge is 0.355 e. The van der Waals surface area contributed by atoms with Crippen LogP contribution < -0.4 is 5.32 Å². The summed E-state index contributed by atoms with van der Waals surface area (Å²) in [5.74, 6) is 0.0363. The van der Waals surface area contributed by atoms with Crippen molar-refractivity contribution in [3.63, 3.8) is 0 Å². The molecule has 0 spiro atoms. The van der Waals surface area contributed by atoms with Crippen LogP contribution in [0.15, 0.2) is 53.1 Å². The molecule has 23 heavy (non-hydrogen) atoms. The minimum absolute atomic E-state index is 0.0363. The molecule has 0 saturated heterocycles. The van der Waals surface area contributed by atoms with Crippen molar-refractivity contribution in [2.24, 2.45) is 0 Å². The molecule has 1 amide bonds. The number of nitrogens with one attached hydrogen (secondary N) is 1. The van der Waals surface area contributed by atoms with Gasteiger partial charge in [-0.2, -0.15) is 0 Å². The number of nitrogens with zero attached hydrogens (tertiary/aromatic N) is 2. The minimum atomic E-state index is -0.198. The highest BCUT2D eigenvalue weighted by molar-refractivity contribution is 8.00. The zero-order valence-electron chi connectivity index (χ0n) is 12.7. The van der Waals surface area contributed by atoms with E-state index < -0.39 is 0 Å². The second kappa shape index (κ2) is 7.57. The Morgan fingerprint density at radius 3 is 2.96 bits per heavy atom. The highest BCUT2D eigenvalue weighted by Gasteiger charge is 2.16. The first-order valence-corrected chi connectivity index (χ1v) is 9.16. The number of hydrogen-bond donors (Lipinski definition) is 1. The lowest BCUT2D eigenvalue weighted by atomic mass is 10.2. The van der Waals surface area contributed by atoms with Gasteiger partial charge in [-0.25, -0.2) is 9.97 Å². The van der Waals surface area contributed by atoms with Gasteiger partial charge in [0.1, 0.15) is 11.4 Å². The van der Waals surface area contributed by atoms with Crippen LogP contribution in [0, 0.1) is 0 Å². The number of rotatable bonds is 6. The van der Waals surface area contributed by atoms with Crippen LogP contribution in [0.2, 0.25) is 0 Å². The molecule has 0 radical (unpaired) electrons. The lowest BCUT2D eigenvalue weighted by Gasteiger charge is -2.12. The fourth-order valence-electron chi connectivity index (χ4n) is 2.20. The first-order valence-electron chi connectivity index (χ1n) is 7.40. The predicted molar refractivity (Wildman–Crippen MR) is 95.9 cm³/mol. The molecule has 0 aliphatic rings. The number of thioether (sulfide) groups is 1. The Kier molecular flexibility index (Phi) is 5.25. The van der Waals surface area contributed by atoms with Gasteiger partial charge in [0.05, 0.1) is 10.8 Å². The summed E-state index contributed by atoms with van der Waals surface area (Å²) in [6.07, 6.45) is 2.42. The number of fused-ring (bicyclic) bond motifs is 1. The second-order valence-electron chi connectivity index (χ2n) is 5.08. The summed E-state index contributed by atoms with van der Waals surface area (Å²) in [6.45, 7) is 2.57. The van der Waals surface area contributed by atoms with E-state index in [0.29, 0.717) is 6.54 Å². The summed E-state index contributed by atoms with van der Waals surface area (Å²) in [7, 11) is 0. The molecule has 118 valence electrons. The van der Waals surface area contributed by atoms with Crippen LogP contribution in [-0.4, -0.2) is 27.7 Å². The van der Waals surface area contributed by atoms with Crippen LogP contribution >= 0.6 is 23.1 Å². The molecule has 1 atom stereocenters. The average Bonchev–Trinajstić information content (AvgIpc) is 3.08. The fraction of sp³-hybridized carbons (Fsp3) is 0.235. The maximum absolute atomic E-state index is 12.2. The van der Waals surface area contributed by atoms with Gasteiger partial charge in [-0.1, -0.05) is 36.0 Å². The zero-order chi connectivity index (χ0) is 16.1. The first-order chi connectivity index (χ1) is 11.2. The van der Waals surface area contributed by atoms with Crippen LogP contribution in [0.3, 0.4) is 0 Å². The summed E-state index contributed by atoms with van der Waals surface area (Å²) in [5.41, 5.74) is 0.898. The van der Waals surface area contributed by atoms with Crippen molar-refractivity contribution in [1.29, 1.82) is 0 Å². The molecule has 4 nitrogen and oxygen atoms in total. The van der Waals surface area contributed by atoms with E-state index >= 15 is 0 Å². The molecular weight excluding hydrogens is 326 g/mol. The third-order valence-corrected chi connectivity index (χ3v) is 5.47. The Morgan fingerprint density at radius 2 is 2.13 bits per heavy atom. The molecule has 0 saturated carbocycles. The Labute approximate surface area is 143 Å². The SMILES string of the molecule is C[C@@H](Sc1ncnc2ccccc12)C(=O)NCCc1cccs1. The summed E-state index contributed by atoms with van der Waals surface area (Å²) >= 11 is 3.18. The van der Waals surface area contributed by atoms with Crippen molar-refractivity contribution >= 4 is 39.9 Å². The van der Waals surface area contributed by atoms with Crippen LogP contribution in [0.5, 0.6) is 0 Å². The van der Waals surface area contributed by atoms with Crippen molar-refractivity contribution in [2.75, 3.05) is 6.54 Å². The Morgan fingerprint density at radius 1 is 1.26 bits per heavy atom. The quantitative estimate of drug-likeness (QED) is 0.549. The van der Waals surface area contributed by atoms with Crippen molar-refractivity contribution in [1.82, 2.24) is 15.3 Å². The monoisotopic (exact) mass is 343 g/mol. The van der Waals surface area contributed by atoms with Gasteiger partial charge < -0.3 is 5.32 Å². The molecule has 6 heteroatoms. The lowest BCUT2D eigenvalue weighted by Crippen LogP contribution is -2.32. The number of hydrogen-bond acceptors (Lipinski definition) is 5. The Bertz CT molecular complexity index is 784. The highest BCUT2D eigenvalue weighted by atomic mass is 32.2. The number of carbonyl (C=O) groups is 1. The van der Waals surface area contributed by atoms with E-state index in [1.807, 2.05) is 37.3 Å². The molecule has 2 aromatic heterocycles. The highest BCUT2D eigenvalue weighted by Crippen LogP contribution is 2.27. The second-order valence-corrected chi connectivity index (χ2v) is 7.44. The molecule has 0 unspecified atom stereocenters. The van der Waals surface area contributed by atoms with Crippen molar-refractivity contribution in [3.8, 4) is 0 Å². The summed E-state index contributed by atoms with van der Waals surface area (Å²) < 4.78 is 0. The van der Waals surface area contributed by atoms with E-state index in [1.165, 1.54) is 16.6 Å². The minimum Gasteiger partial charge on any atom is -0.355 e. The van der Waals surface area contributed by atoms with E-state index in [9.17, 15) is 4.79 Å². The van der Waals surface area contributed by atoms with E-state index in [-0.39, 0.29) is 11.2 Å². The molecule has 0 bridgehead atoms. The summed E-state index contributed by atoms with van der Waals surface area (Å²) in [5, 5.41) is 6.67.